The van der Waals surface area contributed by atoms with Gasteiger partial charge in [-0.15, -0.1) is 0 Å². The van der Waals surface area contributed by atoms with Gasteiger partial charge in [0.25, 0.3) is 5.91 Å². The van der Waals surface area contributed by atoms with Crippen LogP contribution in [0.5, 0.6) is 17.2 Å². The molecule has 0 aromatic heterocycles. The summed E-state index contributed by atoms with van der Waals surface area (Å²) in [4.78, 5) is 11.3. The summed E-state index contributed by atoms with van der Waals surface area (Å²) in [7, 11) is 0. The second-order valence-corrected chi connectivity index (χ2v) is 3.86. The number of rotatable bonds is 3. The van der Waals surface area contributed by atoms with Crippen molar-refractivity contribution in [3.05, 3.63) is 53.6 Å². The van der Waals surface area contributed by atoms with Gasteiger partial charge < -0.3 is 15.6 Å². The Bertz CT molecular complexity index is 593. The van der Waals surface area contributed by atoms with E-state index >= 15 is 0 Å². The first-order valence-electron chi connectivity index (χ1n) is 5.45. The lowest BCUT2D eigenvalue weighted by atomic mass is 10.1. The van der Waals surface area contributed by atoms with Crippen LogP contribution in [0.15, 0.2) is 42.5 Å². The molecule has 1 amide bonds. The first-order chi connectivity index (χ1) is 8.59. The van der Waals surface area contributed by atoms with Gasteiger partial charge in [0.2, 0.25) is 0 Å². The number of ether oxygens (including phenoxy) is 1. The van der Waals surface area contributed by atoms with Crippen molar-refractivity contribution in [3.8, 4) is 17.2 Å². The molecule has 4 nitrogen and oxygen atoms in total. The highest BCUT2D eigenvalue weighted by Gasteiger charge is 2.11. The van der Waals surface area contributed by atoms with E-state index in [1.807, 2.05) is 0 Å². The largest absolute Gasteiger partial charge is 0.508 e. The molecule has 92 valence electrons. The normalized spacial score (nSPS) is 10.1. The second kappa shape index (κ2) is 4.79. The van der Waals surface area contributed by atoms with Crippen LogP contribution in [-0.4, -0.2) is 11.0 Å². The summed E-state index contributed by atoms with van der Waals surface area (Å²) in [6, 6.07) is 11.7. The number of para-hydroxylation sites is 1. The molecule has 0 radical (unpaired) electrons. The van der Waals surface area contributed by atoms with Crippen LogP contribution >= 0.6 is 0 Å². The monoisotopic (exact) mass is 243 g/mol. The van der Waals surface area contributed by atoms with Crippen molar-refractivity contribution in [2.24, 2.45) is 5.73 Å². The van der Waals surface area contributed by atoms with E-state index in [1.54, 1.807) is 49.4 Å². The summed E-state index contributed by atoms with van der Waals surface area (Å²) in [5, 5.41) is 9.58. The molecule has 0 unspecified atom stereocenters. The van der Waals surface area contributed by atoms with Gasteiger partial charge in [-0.3, -0.25) is 4.79 Å². The van der Waals surface area contributed by atoms with Crippen LogP contribution < -0.4 is 10.5 Å². The molecule has 0 saturated heterocycles. The Morgan fingerprint density at radius 3 is 2.50 bits per heavy atom. The highest BCUT2D eigenvalue weighted by atomic mass is 16.5. The summed E-state index contributed by atoms with van der Waals surface area (Å²) < 4.78 is 5.62. The molecule has 0 saturated carbocycles. The number of carbonyl (C=O) groups is 1. The van der Waals surface area contributed by atoms with Crippen LogP contribution in [0.3, 0.4) is 0 Å². The minimum atomic E-state index is -0.552. The molecule has 18 heavy (non-hydrogen) atoms. The number of benzene rings is 2. The van der Waals surface area contributed by atoms with Gasteiger partial charge in [0, 0.05) is 5.56 Å². The van der Waals surface area contributed by atoms with Crippen molar-refractivity contribution >= 4 is 5.91 Å². The minimum absolute atomic E-state index is 0.143. The third-order valence-corrected chi connectivity index (χ3v) is 2.63. The van der Waals surface area contributed by atoms with Crippen molar-refractivity contribution in [2.45, 2.75) is 6.92 Å². The van der Waals surface area contributed by atoms with Gasteiger partial charge in [-0.1, -0.05) is 18.2 Å². The molecular weight excluding hydrogens is 230 g/mol. The molecule has 3 N–H and O–H groups in total. The quantitative estimate of drug-likeness (QED) is 0.870. The van der Waals surface area contributed by atoms with Gasteiger partial charge in [0.1, 0.15) is 17.2 Å². The number of hydrogen-bond acceptors (Lipinski definition) is 3. The average molecular weight is 243 g/mol. The maximum absolute atomic E-state index is 11.3. The van der Waals surface area contributed by atoms with Gasteiger partial charge in [-0.05, 0) is 31.2 Å². The number of hydrogen-bond donors (Lipinski definition) is 2. The topological polar surface area (TPSA) is 72.6 Å². The smallest absolute Gasteiger partial charge is 0.252 e. The summed E-state index contributed by atoms with van der Waals surface area (Å²) in [6.45, 7) is 1.73. The first kappa shape index (κ1) is 12.0. The lowest BCUT2D eigenvalue weighted by Crippen LogP contribution is -2.12. The summed E-state index contributed by atoms with van der Waals surface area (Å²) in [6.07, 6.45) is 0. The van der Waals surface area contributed by atoms with Gasteiger partial charge >= 0.3 is 0 Å². The van der Waals surface area contributed by atoms with Crippen LogP contribution in [0.2, 0.25) is 0 Å². The lowest BCUT2D eigenvalue weighted by Gasteiger charge is -2.11. The van der Waals surface area contributed by atoms with Crippen LogP contribution in [0.25, 0.3) is 0 Å². The second-order valence-electron chi connectivity index (χ2n) is 3.86. The zero-order valence-corrected chi connectivity index (χ0v) is 9.88. The lowest BCUT2D eigenvalue weighted by molar-refractivity contribution is 0.0998. The van der Waals surface area contributed by atoms with E-state index in [4.69, 9.17) is 10.5 Å². The average Bonchev–Trinajstić information content (AvgIpc) is 2.35. The van der Waals surface area contributed by atoms with E-state index in [0.717, 1.165) is 0 Å². The SMILES string of the molecule is Cc1c(O)cccc1Oc1ccccc1C(N)=O. The molecule has 0 bridgehead atoms. The molecule has 0 aliphatic heterocycles. The zero-order chi connectivity index (χ0) is 13.1. The van der Waals surface area contributed by atoms with Crippen LogP contribution in [0, 0.1) is 6.92 Å². The summed E-state index contributed by atoms with van der Waals surface area (Å²) >= 11 is 0. The van der Waals surface area contributed by atoms with Crippen LogP contribution in [0.1, 0.15) is 15.9 Å². The number of phenols is 1. The first-order valence-corrected chi connectivity index (χ1v) is 5.45. The van der Waals surface area contributed by atoms with Crippen LogP contribution in [-0.2, 0) is 0 Å². The minimum Gasteiger partial charge on any atom is -0.508 e. The number of nitrogens with two attached hydrogens (primary N) is 1. The van der Waals surface area contributed by atoms with Gasteiger partial charge in [0.15, 0.2) is 0 Å². The van der Waals surface area contributed by atoms with Crippen LogP contribution in [0.4, 0.5) is 0 Å². The molecule has 0 aliphatic rings. The molecule has 0 fully saturated rings. The third kappa shape index (κ3) is 2.27. The molecule has 0 heterocycles. The Hall–Kier alpha value is -2.49. The number of amides is 1. The van der Waals surface area contributed by atoms with Crippen molar-refractivity contribution in [3.63, 3.8) is 0 Å². The van der Waals surface area contributed by atoms with E-state index < -0.39 is 5.91 Å². The van der Waals surface area contributed by atoms with Crippen molar-refractivity contribution in [2.75, 3.05) is 0 Å². The number of carbonyl (C=O) groups excluding carboxylic acids is 1. The Kier molecular flexibility index (Phi) is 3.19. The molecule has 0 aliphatic carbocycles. The highest BCUT2D eigenvalue weighted by Crippen LogP contribution is 2.31. The predicted octanol–water partition coefficient (Wildman–Crippen LogP) is 2.59. The van der Waals surface area contributed by atoms with Crippen molar-refractivity contribution in [1.82, 2.24) is 0 Å². The van der Waals surface area contributed by atoms with Gasteiger partial charge in [0.05, 0.1) is 5.56 Å². The Balaban J connectivity index is 2.40. The molecule has 2 rings (SSSR count). The maximum atomic E-state index is 11.3. The number of primary amides is 1. The van der Waals surface area contributed by atoms with Gasteiger partial charge in [-0.25, -0.2) is 0 Å². The fourth-order valence-corrected chi connectivity index (χ4v) is 1.59. The third-order valence-electron chi connectivity index (χ3n) is 2.63. The Labute approximate surface area is 105 Å². The number of phenolic OH excluding ortho intramolecular Hbond substituents is 1. The summed E-state index contributed by atoms with van der Waals surface area (Å²) in [5.74, 6) is 0.454. The van der Waals surface area contributed by atoms with Gasteiger partial charge in [-0.2, -0.15) is 0 Å². The van der Waals surface area contributed by atoms with Crippen molar-refractivity contribution in [1.29, 1.82) is 0 Å². The van der Waals surface area contributed by atoms with E-state index in [-0.39, 0.29) is 5.75 Å². The molecule has 2 aromatic carbocycles. The molecule has 4 heteroatoms. The molecular formula is C14H13NO3. The molecule has 2 aromatic rings. The number of aromatic hydroxyl groups is 1. The fraction of sp³-hybridized carbons (Fsp3) is 0.0714. The molecule has 0 atom stereocenters. The van der Waals surface area contributed by atoms with E-state index in [9.17, 15) is 9.90 Å². The Morgan fingerprint density at radius 2 is 1.78 bits per heavy atom. The molecule has 0 spiro atoms. The summed E-state index contributed by atoms with van der Waals surface area (Å²) in [5.41, 5.74) is 6.18. The standard InChI is InChI=1S/C14H13NO3/c1-9-11(16)6-4-8-12(9)18-13-7-3-2-5-10(13)14(15)17/h2-8,16H,1H3,(H2,15,17). The maximum Gasteiger partial charge on any atom is 0.252 e. The van der Waals surface area contributed by atoms with E-state index in [0.29, 0.717) is 22.6 Å². The highest BCUT2D eigenvalue weighted by molar-refractivity contribution is 5.95. The predicted molar refractivity (Wildman–Crippen MR) is 67.9 cm³/mol. The zero-order valence-electron chi connectivity index (χ0n) is 9.88. The van der Waals surface area contributed by atoms with Crippen molar-refractivity contribution < 1.29 is 14.6 Å². The van der Waals surface area contributed by atoms with E-state index in [1.165, 1.54) is 0 Å². The Morgan fingerprint density at radius 1 is 1.11 bits per heavy atom. The van der Waals surface area contributed by atoms with E-state index in [2.05, 4.69) is 0 Å². The fourth-order valence-electron chi connectivity index (χ4n) is 1.59.